The third-order valence-corrected chi connectivity index (χ3v) is 7.64. The summed E-state index contributed by atoms with van der Waals surface area (Å²) in [6, 6.07) is 5.10. The second-order valence-corrected chi connectivity index (χ2v) is 10.1. The molecule has 1 atom stereocenters. The quantitative estimate of drug-likeness (QED) is 0.707. The van der Waals surface area contributed by atoms with Crippen molar-refractivity contribution < 1.29 is 32.2 Å². The molecule has 1 amide bonds. The van der Waals surface area contributed by atoms with Gasteiger partial charge in [-0.05, 0) is 37.0 Å². The fourth-order valence-electron chi connectivity index (χ4n) is 4.38. The van der Waals surface area contributed by atoms with Crippen LogP contribution in [0.15, 0.2) is 18.2 Å². The molecule has 0 spiro atoms. The van der Waals surface area contributed by atoms with Crippen molar-refractivity contribution >= 4 is 21.7 Å². The summed E-state index contributed by atoms with van der Waals surface area (Å²) in [5.41, 5.74) is 0.0128. The highest BCUT2D eigenvalue weighted by Crippen LogP contribution is 2.45. The van der Waals surface area contributed by atoms with Gasteiger partial charge in [-0.15, -0.1) is 0 Å². The average molecular weight is 423 g/mol. The van der Waals surface area contributed by atoms with Crippen LogP contribution in [0.25, 0.3) is 0 Å². The van der Waals surface area contributed by atoms with Gasteiger partial charge in [-0.1, -0.05) is 18.9 Å². The van der Waals surface area contributed by atoms with Crippen LogP contribution in [-0.4, -0.2) is 57.7 Å². The minimum Gasteiger partial charge on any atom is -0.486 e. The van der Waals surface area contributed by atoms with E-state index in [1.54, 1.807) is 0 Å². The first-order chi connectivity index (χ1) is 13.9. The van der Waals surface area contributed by atoms with E-state index in [0.717, 1.165) is 18.4 Å². The molecule has 1 aliphatic carbocycles. The number of ether oxygens (including phenoxy) is 3. The van der Waals surface area contributed by atoms with Crippen LogP contribution >= 0.6 is 0 Å². The Kier molecular flexibility index (Phi) is 5.42. The first-order valence-electron chi connectivity index (χ1n) is 9.95. The van der Waals surface area contributed by atoms with Crippen LogP contribution in [0.2, 0.25) is 0 Å². The molecular weight excluding hydrogens is 398 g/mol. The first-order valence-corrected chi connectivity index (χ1v) is 11.8. The number of nitrogens with one attached hydrogen (secondary N) is 1. The van der Waals surface area contributed by atoms with E-state index < -0.39 is 39.8 Å². The number of sulfone groups is 1. The number of fused-ring (bicyclic) bond motifs is 1. The van der Waals surface area contributed by atoms with Crippen LogP contribution in [0.5, 0.6) is 11.5 Å². The molecule has 0 radical (unpaired) electrons. The van der Waals surface area contributed by atoms with Crippen molar-refractivity contribution in [2.45, 2.75) is 43.6 Å². The molecule has 0 aromatic heterocycles. The van der Waals surface area contributed by atoms with Crippen LogP contribution in [0.1, 0.15) is 37.7 Å². The average Bonchev–Trinajstić information content (AvgIpc) is 3.33. The summed E-state index contributed by atoms with van der Waals surface area (Å²) in [7, 11) is -3.08. The zero-order chi connectivity index (χ0) is 20.5. The molecule has 1 saturated carbocycles. The lowest BCUT2D eigenvalue weighted by Crippen LogP contribution is -2.41. The van der Waals surface area contributed by atoms with Crippen molar-refractivity contribution in [3.05, 3.63) is 23.8 Å². The lowest BCUT2D eigenvalue weighted by atomic mass is 9.78. The maximum absolute atomic E-state index is 13.0. The zero-order valence-corrected chi connectivity index (χ0v) is 17.0. The van der Waals surface area contributed by atoms with Crippen molar-refractivity contribution in [3.63, 3.8) is 0 Å². The van der Waals surface area contributed by atoms with Gasteiger partial charge in [0, 0.05) is 6.04 Å². The largest absolute Gasteiger partial charge is 0.486 e. The van der Waals surface area contributed by atoms with Gasteiger partial charge in [-0.25, -0.2) is 8.42 Å². The Balaban J connectivity index is 1.42. The number of carbonyl (C=O) groups is 2. The molecule has 29 heavy (non-hydrogen) atoms. The first kappa shape index (κ1) is 20.0. The number of esters is 1. The molecule has 1 N–H and O–H groups in total. The van der Waals surface area contributed by atoms with Gasteiger partial charge >= 0.3 is 5.97 Å². The predicted molar refractivity (Wildman–Crippen MR) is 104 cm³/mol. The Morgan fingerprint density at radius 2 is 1.86 bits per heavy atom. The Morgan fingerprint density at radius 1 is 1.14 bits per heavy atom. The van der Waals surface area contributed by atoms with Crippen molar-refractivity contribution in [3.8, 4) is 11.5 Å². The van der Waals surface area contributed by atoms with Gasteiger partial charge in [-0.3, -0.25) is 9.59 Å². The molecule has 0 bridgehead atoms. The highest BCUT2D eigenvalue weighted by molar-refractivity contribution is 7.91. The van der Waals surface area contributed by atoms with Gasteiger partial charge in [-0.2, -0.15) is 0 Å². The second kappa shape index (κ2) is 7.85. The number of hydrogen-bond acceptors (Lipinski definition) is 7. The van der Waals surface area contributed by atoms with E-state index in [1.807, 2.05) is 18.2 Å². The molecule has 1 saturated heterocycles. The summed E-state index contributed by atoms with van der Waals surface area (Å²) in [4.78, 5) is 25.2. The highest BCUT2D eigenvalue weighted by Gasteiger charge is 2.45. The maximum atomic E-state index is 13.0. The molecule has 2 fully saturated rings. The Hall–Kier alpha value is -2.29. The summed E-state index contributed by atoms with van der Waals surface area (Å²) in [6.07, 6.45) is 3.48. The molecule has 2 heterocycles. The van der Waals surface area contributed by atoms with E-state index in [4.69, 9.17) is 14.2 Å². The molecule has 158 valence electrons. The number of amides is 1. The van der Waals surface area contributed by atoms with E-state index in [1.165, 1.54) is 0 Å². The van der Waals surface area contributed by atoms with E-state index >= 15 is 0 Å². The van der Waals surface area contributed by atoms with Crippen LogP contribution < -0.4 is 14.8 Å². The number of carbonyl (C=O) groups excluding carboxylic acids is 2. The number of benzene rings is 1. The Labute approximate surface area is 169 Å². The molecule has 8 nitrogen and oxygen atoms in total. The SMILES string of the molecule is O=C(COC(=O)C1(c2ccc3c(c2)OCCO3)CCCC1)N[C@@H]1CCS(=O)(=O)C1. The Morgan fingerprint density at radius 3 is 2.55 bits per heavy atom. The second-order valence-electron chi connectivity index (χ2n) is 7.89. The third kappa shape index (κ3) is 4.19. The minimum atomic E-state index is -3.08. The van der Waals surface area contributed by atoms with Crippen molar-refractivity contribution in [2.24, 2.45) is 0 Å². The van der Waals surface area contributed by atoms with Crippen LogP contribution in [0.4, 0.5) is 0 Å². The summed E-state index contributed by atoms with van der Waals surface area (Å²) >= 11 is 0. The topological polar surface area (TPSA) is 108 Å². The third-order valence-electron chi connectivity index (χ3n) is 5.87. The highest BCUT2D eigenvalue weighted by atomic mass is 32.2. The zero-order valence-electron chi connectivity index (χ0n) is 16.1. The fourth-order valence-corrected chi connectivity index (χ4v) is 6.05. The molecule has 3 aliphatic rings. The summed E-state index contributed by atoms with van der Waals surface area (Å²) < 4.78 is 39.6. The standard InChI is InChI=1S/C20H25NO7S/c22-18(21-15-5-10-29(24,25)13-15)12-28-19(23)20(6-1-2-7-20)14-3-4-16-17(11-14)27-9-8-26-16/h3-4,11,15H,1-2,5-10,12-13H2,(H,21,22)/t15-/m1/s1. The molecule has 1 aromatic rings. The van der Waals surface area contributed by atoms with Crippen LogP contribution in [0.3, 0.4) is 0 Å². The summed E-state index contributed by atoms with van der Waals surface area (Å²) in [5.74, 6) is 0.385. The van der Waals surface area contributed by atoms with Gasteiger partial charge < -0.3 is 19.5 Å². The van der Waals surface area contributed by atoms with Crippen LogP contribution in [-0.2, 0) is 29.6 Å². The Bertz CT molecular complexity index is 905. The molecule has 0 unspecified atom stereocenters. The smallest absolute Gasteiger partial charge is 0.317 e. The van der Waals surface area contributed by atoms with Gasteiger partial charge in [0.2, 0.25) is 0 Å². The van der Waals surface area contributed by atoms with Gasteiger partial charge in [0.25, 0.3) is 5.91 Å². The van der Waals surface area contributed by atoms with E-state index in [9.17, 15) is 18.0 Å². The van der Waals surface area contributed by atoms with E-state index in [-0.39, 0.29) is 11.5 Å². The van der Waals surface area contributed by atoms with Gasteiger partial charge in [0.1, 0.15) is 13.2 Å². The molecule has 2 aliphatic heterocycles. The van der Waals surface area contributed by atoms with Crippen molar-refractivity contribution in [1.82, 2.24) is 5.32 Å². The molecule has 9 heteroatoms. The van der Waals surface area contributed by atoms with Crippen molar-refractivity contribution in [2.75, 3.05) is 31.3 Å². The van der Waals surface area contributed by atoms with E-state index in [0.29, 0.717) is 44.0 Å². The molecule has 1 aromatic carbocycles. The molecule has 4 rings (SSSR count). The monoisotopic (exact) mass is 423 g/mol. The maximum Gasteiger partial charge on any atom is 0.317 e. The van der Waals surface area contributed by atoms with Crippen LogP contribution in [0, 0.1) is 0 Å². The fraction of sp³-hybridized carbons (Fsp3) is 0.600. The minimum absolute atomic E-state index is 0.0617. The molecular formula is C20H25NO7S. The normalized spacial score (nSPS) is 24.1. The van der Waals surface area contributed by atoms with Gasteiger partial charge in [0.15, 0.2) is 27.9 Å². The predicted octanol–water partition coefficient (Wildman–Crippen LogP) is 1.12. The van der Waals surface area contributed by atoms with Crippen molar-refractivity contribution in [1.29, 1.82) is 0 Å². The van der Waals surface area contributed by atoms with E-state index in [2.05, 4.69) is 5.32 Å². The summed E-state index contributed by atoms with van der Waals surface area (Å²) in [6.45, 7) is 0.545. The summed E-state index contributed by atoms with van der Waals surface area (Å²) in [5, 5.41) is 2.64. The lowest BCUT2D eigenvalue weighted by molar-refractivity contribution is -0.154. The lowest BCUT2D eigenvalue weighted by Gasteiger charge is -2.29. The number of rotatable bonds is 5. The number of hydrogen-bond donors (Lipinski definition) is 1. The van der Waals surface area contributed by atoms with Gasteiger partial charge in [0.05, 0.1) is 16.9 Å².